The quantitative estimate of drug-likeness (QED) is 0.438. The molecule has 0 amide bonds. The highest BCUT2D eigenvalue weighted by molar-refractivity contribution is 9.10. The lowest BCUT2D eigenvalue weighted by molar-refractivity contribution is -0.384. The molecule has 0 bridgehead atoms. The first-order valence-corrected chi connectivity index (χ1v) is 6.73. The van der Waals surface area contributed by atoms with Crippen LogP contribution in [0, 0.1) is 10.1 Å². The summed E-state index contributed by atoms with van der Waals surface area (Å²) in [5.74, 6) is 0. The Hall–Kier alpha value is -1.14. The SMILES string of the molecule is O=[N+]([O-])c1ccc(NCCCCCCO)c(Br)c1. The molecule has 2 N–H and O–H groups in total. The van der Waals surface area contributed by atoms with Gasteiger partial charge < -0.3 is 10.4 Å². The minimum atomic E-state index is -0.413. The van der Waals surface area contributed by atoms with E-state index in [2.05, 4.69) is 21.2 Å². The fourth-order valence-electron chi connectivity index (χ4n) is 1.57. The van der Waals surface area contributed by atoms with E-state index >= 15 is 0 Å². The largest absolute Gasteiger partial charge is 0.396 e. The Kier molecular flexibility index (Phi) is 6.67. The Balaban J connectivity index is 2.36. The fourth-order valence-corrected chi connectivity index (χ4v) is 2.08. The highest BCUT2D eigenvalue weighted by Crippen LogP contribution is 2.27. The van der Waals surface area contributed by atoms with Gasteiger partial charge in [-0.15, -0.1) is 0 Å². The molecule has 0 unspecified atom stereocenters. The van der Waals surface area contributed by atoms with Crippen molar-refractivity contribution in [2.75, 3.05) is 18.5 Å². The molecule has 0 saturated carbocycles. The fraction of sp³-hybridized carbons (Fsp3) is 0.500. The van der Waals surface area contributed by atoms with Gasteiger partial charge in [-0.1, -0.05) is 12.8 Å². The number of rotatable bonds is 8. The zero-order valence-corrected chi connectivity index (χ0v) is 11.6. The smallest absolute Gasteiger partial charge is 0.270 e. The molecule has 0 heterocycles. The second-order valence-corrected chi connectivity index (χ2v) is 4.84. The molecule has 0 aliphatic rings. The first-order valence-electron chi connectivity index (χ1n) is 5.94. The number of anilines is 1. The van der Waals surface area contributed by atoms with Gasteiger partial charge in [-0.3, -0.25) is 10.1 Å². The van der Waals surface area contributed by atoms with E-state index < -0.39 is 4.92 Å². The van der Waals surface area contributed by atoms with Crippen molar-refractivity contribution in [2.45, 2.75) is 25.7 Å². The Morgan fingerprint density at radius 2 is 2.00 bits per heavy atom. The topological polar surface area (TPSA) is 75.4 Å². The van der Waals surface area contributed by atoms with Gasteiger partial charge in [0.05, 0.1) is 4.92 Å². The van der Waals surface area contributed by atoms with Crippen LogP contribution in [0.2, 0.25) is 0 Å². The number of unbranched alkanes of at least 4 members (excludes halogenated alkanes) is 3. The molecule has 0 radical (unpaired) electrons. The van der Waals surface area contributed by atoms with E-state index in [1.807, 2.05) is 0 Å². The molecular weight excluding hydrogens is 300 g/mol. The maximum atomic E-state index is 10.6. The number of halogens is 1. The number of hydrogen-bond acceptors (Lipinski definition) is 4. The second kappa shape index (κ2) is 8.05. The van der Waals surface area contributed by atoms with Crippen molar-refractivity contribution in [1.29, 1.82) is 0 Å². The molecule has 1 rings (SSSR count). The molecule has 0 atom stereocenters. The van der Waals surface area contributed by atoms with Gasteiger partial charge in [0.25, 0.3) is 5.69 Å². The summed E-state index contributed by atoms with van der Waals surface area (Å²) < 4.78 is 0.701. The summed E-state index contributed by atoms with van der Waals surface area (Å²) in [7, 11) is 0. The number of hydrogen-bond donors (Lipinski definition) is 2. The first kappa shape index (κ1) is 14.9. The van der Waals surface area contributed by atoms with Crippen molar-refractivity contribution in [3.05, 3.63) is 32.8 Å². The summed E-state index contributed by atoms with van der Waals surface area (Å²) >= 11 is 3.31. The molecule has 0 aliphatic heterocycles. The Bertz CT molecular complexity index is 399. The number of aliphatic hydroxyl groups excluding tert-OH is 1. The third-order valence-electron chi connectivity index (χ3n) is 2.56. The molecule has 0 fully saturated rings. The Morgan fingerprint density at radius 3 is 2.61 bits per heavy atom. The van der Waals surface area contributed by atoms with E-state index in [4.69, 9.17) is 5.11 Å². The number of nitrogens with zero attached hydrogens (tertiary/aromatic N) is 1. The lowest BCUT2D eigenvalue weighted by Gasteiger charge is -2.08. The van der Waals surface area contributed by atoms with Gasteiger partial charge in [0, 0.05) is 35.4 Å². The summed E-state index contributed by atoms with van der Waals surface area (Å²) in [4.78, 5) is 10.2. The zero-order valence-electron chi connectivity index (χ0n) is 10.1. The summed E-state index contributed by atoms with van der Waals surface area (Å²) in [5, 5.41) is 22.4. The lowest BCUT2D eigenvalue weighted by atomic mass is 10.2. The number of nitro groups is 1. The van der Waals surface area contributed by atoms with Gasteiger partial charge in [0.2, 0.25) is 0 Å². The summed E-state index contributed by atoms with van der Waals surface area (Å²) in [5.41, 5.74) is 0.943. The van der Waals surface area contributed by atoms with Crippen LogP contribution in [0.25, 0.3) is 0 Å². The number of aliphatic hydroxyl groups is 1. The summed E-state index contributed by atoms with van der Waals surface area (Å²) in [6.45, 7) is 1.07. The van der Waals surface area contributed by atoms with Crippen LogP contribution in [-0.2, 0) is 0 Å². The third-order valence-corrected chi connectivity index (χ3v) is 3.22. The Morgan fingerprint density at radius 1 is 1.28 bits per heavy atom. The van der Waals surface area contributed by atoms with Crippen LogP contribution in [-0.4, -0.2) is 23.2 Å². The molecule has 100 valence electrons. The van der Waals surface area contributed by atoms with Crippen molar-refractivity contribution < 1.29 is 10.0 Å². The van der Waals surface area contributed by atoms with E-state index in [-0.39, 0.29) is 12.3 Å². The molecule has 6 heteroatoms. The molecule has 0 aliphatic carbocycles. The normalized spacial score (nSPS) is 10.3. The third kappa shape index (κ3) is 5.01. The van der Waals surface area contributed by atoms with Crippen molar-refractivity contribution in [3.8, 4) is 0 Å². The Labute approximate surface area is 114 Å². The molecule has 1 aromatic carbocycles. The lowest BCUT2D eigenvalue weighted by Crippen LogP contribution is -2.02. The van der Waals surface area contributed by atoms with Crippen LogP contribution in [0.15, 0.2) is 22.7 Å². The average molecular weight is 317 g/mol. The molecule has 0 aromatic heterocycles. The van der Waals surface area contributed by atoms with Crippen molar-refractivity contribution in [3.63, 3.8) is 0 Å². The van der Waals surface area contributed by atoms with Crippen molar-refractivity contribution >= 4 is 27.3 Å². The molecule has 0 saturated heterocycles. The van der Waals surface area contributed by atoms with Gasteiger partial charge in [0.1, 0.15) is 0 Å². The van der Waals surface area contributed by atoms with Crippen LogP contribution in [0.4, 0.5) is 11.4 Å². The van der Waals surface area contributed by atoms with E-state index in [9.17, 15) is 10.1 Å². The monoisotopic (exact) mass is 316 g/mol. The highest BCUT2D eigenvalue weighted by Gasteiger charge is 2.08. The van der Waals surface area contributed by atoms with Gasteiger partial charge >= 0.3 is 0 Å². The van der Waals surface area contributed by atoms with Crippen LogP contribution < -0.4 is 5.32 Å². The van der Waals surface area contributed by atoms with E-state index in [0.29, 0.717) is 4.47 Å². The number of non-ortho nitro benzene ring substituents is 1. The van der Waals surface area contributed by atoms with Crippen LogP contribution >= 0.6 is 15.9 Å². The van der Waals surface area contributed by atoms with Gasteiger partial charge in [-0.2, -0.15) is 0 Å². The summed E-state index contributed by atoms with van der Waals surface area (Å²) in [6.07, 6.45) is 3.96. The molecule has 5 nitrogen and oxygen atoms in total. The van der Waals surface area contributed by atoms with Crippen LogP contribution in [0.1, 0.15) is 25.7 Å². The van der Waals surface area contributed by atoms with Gasteiger partial charge in [-0.05, 0) is 34.8 Å². The van der Waals surface area contributed by atoms with E-state index in [0.717, 1.165) is 37.9 Å². The average Bonchev–Trinajstić information content (AvgIpc) is 2.35. The predicted octanol–water partition coefficient (Wildman–Crippen LogP) is 3.32. The van der Waals surface area contributed by atoms with Gasteiger partial charge in [0.15, 0.2) is 0 Å². The van der Waals surface area contributed by atoms with Gasteiger partial charge in [-0.25, -0.2) is 0 Å². The number of nitro benzene ring substituents is 1. The molecular formula is C12H17BrN2O3. The van der Waals surface area contributed by atoms with Crippen molar-refractivity contribution in [1.82, 2.24) is 0 Å². The molecule has 0 spiro atoms. The first-order chi connectivity index (χ1) is 8.65. The number of benzene rings is 1. The molecule has 1 aromatic rings. The van der Waals surface area contributed by atoms with Crippen LogP contribution in [0.3, 0.4) is 0 Å². The minimum Gasteiger partial charge on any atom is -0.396 e. The summed E-state index contributed by atoms with van der Waals surface area (Å²) in [6, 6.07) is 4.68. The maximum Gasteiger partial charge on any atom is 0.270 e. The predicted molar refractivity (Wildman–Crippen MR) is 74.8 cm³/mol. The van der Waals surface area contributed by atoms with Crippen LogP contribution in [0.5, 0.6) is 0 Å². The van der Waals surface area contributed by atoms with E-state index in [1.165, 1.54) is 12.1 Å². The standard InChI is InChI=1S/C12H17BrN2O3/c13-11-9-10(15(17)18)5-6-12(11)14-7-3-1-2-4-8-16/h5-6,9,14,16H,1-4,7-8H2. The maximum absolute atomic E-state index is 10.6. The minimum absolute atomic E-state index is 0.0790. The molecule has 18 heavy (non-hydrogen) atoms. The van der Waals surface area contributed by atoms with E-state index in [1.54, 1.807) is 6.07 Å². The second-order valence-electron chi connectivity index (χ2n) is 3.99. The van der Waals surface area contributed by atoms with Crippen molar-refractivity contribution in [2.24, 2.45) is 0 Å². The number of nitrogens with one attached hydrogen (secondary N) is 1. The zero-order chi connectivity index (χ0) is 13.4. The highest BCUT2D eigenvalue weighted by atomic mass is 79.9.